The van der Waals surface area contributed by atoms with Crippen molar-refractivity contribution in [3.63, 3.8) is 0 Å². The number of nitrogens with one attached hydrogen (secondary N) is 1. The van der Waals surface area contributed by atoms with E-state index in [4.69, 9.17) is 0 Å². The van der Waals surface area contributed by atoms with Crippen molar-refractivity contribution in [1.29, 1.82) is 0 Å². The maximum atomic E-state index is 4.35. The first kappa shape index (κ1) is 11.9. The quantitative estimate of drug-likeness (QED) is 0.873. The highest BCUT2D eigenvalue weighted by molar-refractivity contribution is 5.22. The van der Waals surface area contributed by atoms with Gasteiger partial charge >= 0.3 is 0 Å². The monoisotopic (exact) mass is 229 g/mol. The van der Waals surface area contributed by atoms with Crippen molar-refractivity contribution >= 4 is 0 Å². The van der Waals surface area contributed by atoms with Gasteiger partial charge in [-0.1, -0.05) is 29.8 Å². The number of aromatic nitrogens is 2. The van der Waals surface area contributed by atoms with Crippen LogP contribution in [0.25, 0.3) is 0 Å². The summed E-state index contributed by atoms with van der Waals surface area (Å²) in [5.41, 5.74) is 2.61. The molecule has 0 aliphatic heterocycles. The van der Waals surface area contributed by atoms with E-state index in [0.29, 0.717) is 0 Å². The zero-order valence-electron chi connectivity index (χ0n) is 10.6. The molecular weight excluding hydrogens is 210 g/mol. The molecule has 0 saturated carbocycles. The second kappa shape index (κ2) is 5.15. The molecule has 1 unspecified atom stereocenters. The van der Waals surface area contributed by atoms with E-state index in [0.717, 1.165) is 12.4 Å². The van der Waals surface area contributed by atoms with Gasteiger partial charge < -0.3 is 9.88 Å². The van der Waals surface area contributed by atoms with Gasteiger partial charge in [0.1, 0.15) is 5.82 Å². The molecule has 1 atom stereocenters. The van der Waals surface area contributed by atoms with E-state index in [1.54, 1.807) is 0 Å². The summed E-state index contributed by atoms with van der Waals surface area (Å²) >= 11 is 0. The number of nitrogens with zero attached hydrogens (tertiary/aromatic N) is 2. The highest BCUT2D eigenvalue weighted by atomic mass is 15.1. The third-order valence-electron chi connectivity index (χ3n) is 2.94. The molecule has 3 nitrogen and oxygen atoms in total. The maximum absolute atomic E-state index is 4.35. The maximum Gasteiger partial charge on any atom is 0.125 e. The Balaban J connectivity index is 1.97. The lowest BCUT2D eigenvalue weighted by Gasteiger charge is -2.13. The Labute approximate surface area is 103 Å². The largest absolute Gasteiger partial charge is 0.337 e. The average molecular weight is 229 g/mol. The predicted molar refractivity (Wildman–Crippen MR) is 69.6 cm³/mol. The molecule has 0 amide bonds. The summed E-state index contributed by atoms with van der Waals surface area (Å²) in [5, 5.41) is 3.49. The standard InChI is InChI=1S/C14H19N3/c1-11-5-4-6-13(9-11)10-16-12(2)14-15-7-8-17(14)3/h4-9,12,16H,10H2,1-3H3. The average Bonchev–Trinajstić information content (AvgIpc) is 2.72. The molecule has 0 radical (unpaired) electrons. The molecule has 2 rings (SSSR count). The van der Waals surface area contributed by atoms with Crippen LogP contribution in [-0.4, -0.2) is 9.55 Å². The van der Waals surface area contributed by atoms with E-state index >= 15 is 0 Å². The second-order valence-electron chi connectivity index (χ2n) is 4.49. The summed E-state index contributed by atoms with van der Waals surface area (Å²) in [6.07, 6.45) is 3.81. The van der Waals surface area contributed by atoms with Gasteiger partial charge in [-0.3, -0.25) is 0 Å². The van der Waals surface area contributed by atoms with Crippen LogP contribution in [0.3, 0.4) is 0 Å². The summed E-state index contributed by atoms with van der Waals surface area (Å²) in [5.74, 6) is 1.07. The molecule has 0 spiro atoms. The highest BCUT2D eigenvalue weighted by Gasteiger charge is 2.08. The van der Waals surface area contributed by atoms with Crippen molar-refractivity contribution in [3.8, 4) is 0 Å². The van der Waals surface area contributed by atoms with Crippen LogP contribution in [0.4, 0.5) is 0 Å². The number of imidazole rings is 1. The number of hydrogen-bond acceptors (Lipinski definition) is 2. The van der Waals surface area contributed by atoms with E-state index in [9.17, 15) is 0 Å². The van der Waals surface area contributed by atoms with E-state index in [1.807, 2.05) is 24.0 Å². The lowest BCUT2D eigenvalue weighted by Crippen LogP contribution is -2.21. The lowest BCUT2D eigenvalue weighted by molar-refractivity contribution is 0.530. The minimum Gasteiger partial charge on any atom is -0.337 e. The molecule has 17 heavy (non-hydrogen) atoms. The van der Waals surface area contributed by atoms with Crippen LogP contribution in [0.5, 0.6) is 0 Å². The Morgan fingerprint density at radius 1 is 1.41 bits per heavy atom. The second-order valence-corrected chi connectivity index (χ2v) is 4.49. The van der Waals surface area contributed by atoms with Crippen molar-refractivity contribution in [2.24, 2.45) is 7.05 Å². The SMILES string of the molecule is Cc1cccc(CNC(C)c2nccn2C)c1. The summed E-state index contributed by atoms with van der Waals surface area (Å²) in [6, 6.07) is 8.82. The summed E-state index contributed by atoms with van der Waals surface area (Å²) in [4.78, 5) is 4.35. The third-order valence-corrected chi connectivity index (χ3v) is 2.94. The first-order valence-electron chi connectivity index (χ1n) is 5.93. The smallest absolute Gasteiger partial charge is 0.125 e. The van der Waals surface area contributed by atoms with Crippen LogP contribution in [0.15, 0.2) is 36.7 Å². The fraction of sp³-hybridized carbons (Fsp3) is 0.357. The molecule has 0 aliphatic rings. The van der Waals surface area contributed by atoms with Crippen molar-refractivity contribution in [3.05, 3.63) is 53.6 Å². The molecule has 0 fully saturated rings. The van der Waals surface area contributed by atoms with Crippen LogP contribution in [0.1, 0.15) is 29.9 Å². The van der Waals surface area contributed by atoms with Crippen LogP contribution in [0, 0.1) is 6.92 Å². The van der Waals surface area contributed by atoms with Crippen LogP contribution < -0.4 is 5.32 Å². The van der Waals surface area contributed by atoms with Gasteiger partial charge in [-0.15, -0.1) is 0 Å². The van der Waals surface area contributed by atoms with Gasteiger partial charge in [0, 0.05) is 26.0 Å². The van der Waals surface area contributed by atoms with Gasteiger partial charge in [0.15, 0.2) is 0 Å². The highest BCUT2D eigenvalue weighted by Crippen LogP contribution is 2.10. The van der Waals surface area contributed by atoms with Gasteiger partial charge in [-0.25, -0.2) is 4.98 Å². The van der Waals surface area contributed by atoms with E-state index < -0.39 is 0 Å². The van der Waals surface area contributed by atoms with Gasteiger partial charge in [-0.05, 0) is 19.4 Å². The normalized spacial score (nSPS) is 12.6. The van der Waals surface area contributed by atoms with Crippen molar-refractivity contribution in [2.45, 2.75) is 26.4 Å². The number of hydrogen-bond donors (Lipinski definition) is 1. The van der Waals surface area contributed by atoms with Crippen LogP contribution >= 0.6 is 0 Å². The van der Waals surface area contributed by atoms with E-state index in [2.05, 4.69) is 48.4 Å². The summed E-state index contributed by atoms with van der Waals surface area (Å²) in [6.45, 7) is 5.12. The Morgan fingerprint density at radius 2 is 2.24 bits per heavy atom. The minimum absolute atomic E-state index is 0.260. The Morgan fingerprint density at radius 3 is 2.88 bits per heavy atom. The van der Waals surface area contributed by atoms with Crippen molar-refractivity contribution in [2.75, 3.05) is 0 Å². The number of aryl methyl sites for hydroxylation is 2. The Kier molecular flexibility index (Phi) is 3.59. The zero-order valence-corrected chi connectivity index (χ0v) is 10.6. The molecule has 1 heterocycles. The molecular formula is C14H19N3. The lowest BCUT2D eigenvalue weighted by atomic mass is 10.1. The molecule has 90 valence electrons. The molecule has 1 aromatic heterocycles. The molecule has 0 bridgehead atoms. The summed E-state index contributed by atoms with van der Waals surface area (Å²) < 4.78 is 2.05. The zero-order chi connectivity index (χ0) is 12.3. The molecule has 1 aromatic carbocycles. The summed E-state index contributed by atoms with van der Waals surface area (Å²) in [7, 11) is 2.02. The fourth-order valence-electron chi connectivity index (χ4n) is 1.98. The van der Waals surface area contributed by atoms with Gasteiger partial charge in [0.2, 0.25) is 0 Å². The van der Waals surface area contributed by atoms with Crippen molar-refractivity contribution < 1.29 is 0 Å². The Bertz CT molecular complexity index is 488. The molecule has 0 saturated heterocycles. The predicted octanol–water partition coefficient (Wildman–Crippen LogP) is 2.58. The van der Waals surface area contributed by atoms with Gasteiger partial charge in [-0.2, -0.15) is 0 Å². The third kappa shape index (κ3) is 2.94. The first-order chi connectivity index (χ1) is 8.16. The Hall–Kier alpha value is -1.61. The first-order valence-corrected chi connectivity index (χ1v) is 5.93. The molecule has 0 aliphatic carbocycles. The van der Waals surface area contributed by atoms with Crippen LogP contribution in [-0.2, 0) is 13.6 Å². The van der Waals surface area contributed by atoms with Gasteiger partial charge in [0.25, 0.3) is 0 Å². The molecule has 3 heteroatoms. The topological polar surface area (TPSA) is 29.9 Å². The number of benzene rings is 1. The van der Waals surface area contributed by atoms with Crippen LogP contribution in [0.2, 0.25) is 0 Å². The molecule has 1 N–H and O–H groups in total. The number of rotatable bonds is 4. The fourth-order valence-corrected chi connectivity index (χ4v) is 1.98. The van der Waals surface area contributed by atoms with Crippen molar-refractivity contribution in [1.82, 2.24) is 14.9 Å². The van der Waals surface area contributed by atoms with E-state index in [1.165, 1.54) is 11.1 Å². The van der Waals surface area contributed by atoms with E-state index in [-0.39, 0.29) is 6.04 Å². The van der Waals surface area contributed by atoms with Gasteiger partial charge in [0.05, 0.1) is 6.04 Å². The minimum atomic E-state index is 0.260. The molecule has 2 aromatic rings.